The maximum absolute atomic E-state index is 5.78. The predicted molar refractivity (Wildman–Crippen MR) is 51.8 cm³/mol. The van der Waals surface area contributed by atoms with Crippen molar-refractivity contribution in [3.8, 4) is 0 Å². The molecule has 0 aromatic rings. The van der Waals surface area contributed by atoms with Crippen LogP contribution in [0.25, 0.3) is 0 Å². The molecule has 0 saturated heterocycles. The molecule has 0 aromatic carbocycles. The number of rotatable bonds is 5. The van der Waals surface area contributed by atoms with Crippen LogP contribution in [0.1, 0.15) is 25.7 Å². The quantitative estimate of drug-likeness (QED) is 0.669. The molecule has 1 aliphatic rings. The molecule has 2 nitrogen and oxygen atoms in total. The van der Waals surface area contributed by atoms with Gasteiger partial charge in [0, 0.05) is 25.1 Å². The summed E-state index contributed by atoms with van der Waals surface area (Å²) in [5.74, 6) is 0.643. The minimum absolute atomic E-state index is 0.333. The lowest BCUT2D eigenvalue weighted by Gasteiger charge is -2.19. The minimum atomic E-state index is 0.333. The largest absolute Gasteiger partial charge is 0.383 e. The summed E-state index contributed by atoms with van der Waals surface area (Å²) in [5.41, 5.74) is 0. The fourth-order valence-corrected chi connectivity index (χ4v) is 1.94. The number of ether oxygens (including phenoxy) is 1. The zero-order valence-corrected chi connectivity index (χ0v) is 8.44. The zero-order chi connectivity index (χ0) is 8.81. The molecule has 3 heteroatoms. The first-order valence-corrected chi connectivity index (χ1v) is 5.21. The summed E-state index contributed by atoms with van der Waals surface area (Å²) in [6.45, 7) is 0.722. The summed E-state index contributed by atoms with van der Waals surface area (Å²) in [7, 11) is 1.72. The third-order valence-electron chi connectivity index (χ3n) is 2.38. The Balaban J connectivity index is 2.16. The van der Waals surface area contributed by atoms with Gasteiger partial charge in [0.15, 0.2) is 0 Å². The Morgan fingerprint density at radius 1 is 1.50 bits per heavy atom. The second-order valence-electron chi connectivity index (χ2n) is 3.45. The van der Waals surface area contributed by atoms with Crippen molar-refractivity contribution in [2.75, 3.05) is 19.6 Å². The standard InChI is InChI=1S/C9H18ClNO/c1-12-7-9(6-10)11-8-4-2-3-5-8/h8-9,11H,2-7H2,1H3. The van der Waals surface area contributed by atoms with E-state index in [-0.39, 0.29) is 0 Å². The van der Waals surface area contributed by atoms with E-state index in [4.69, 9.17) is 16.3 Å². The first kappa shape index (κ1) is 10.3. The molecule has 72 valence electrons. The molecule has 1 atom stereocenters. The van der Waals surface area contributed by atoms with Crippen molar-refractivity contribution in [2.45, 2.75) is 37.8 Å². The van der Waals surface area contributed by atoms with Gasteiger partial charge in [-0.15, -0.1) is 11.6 Å². The molecule has 0 aromatic heterocycles. The van der Waals surface area contributed by atoms with Gasteiger partial charge in [0.05, 0.1) is 6.61 Å². The van der Waals surface area contributed by atoms with Crippen LogP contribution in [-0.4, -0.2) is 31.7 Å². The van der Waals surface area contributed by atoms with E-state index in [2.05, 4.69) is 5.32 Å². The average molecular weight is 192 g/mol. The van der Waals surface area contributed by atoms with Crippen LogP contribution in [0.4, 0.5) is 0 Å². The summed E-state index contributed by atoms with van der Waals surface area (Å²) < 4.78 is 5.06. The maximum Gasteiger partial charge on any atom is 0.0627 e. The lowest BCUT2D eigenvalue weighted by molar-refractivity contribution is 0.168. The van der Waals surface area contributed by atoms with Crippen molar-refractivity contribution in [3.63, 3.8) is 0 Å². The number of nitrogens with one attached hydrogen (secondary N) is 1. The third-order valence-corrected chi connectivity index (χ3v) is 2.75. The predicted octanol–water partition coefficient (Wildman–Crippen LogP) is 1.77. The van der Waals surface area contributed by atoms with Gasteiger partial charge in [-0.1, -0.05) is 12.8 Å². The highest BCUT2D eigenvalue weighted by molar-refractivity contribution is 6.18. The Kier molecular flexibility index (Phi) is 4.96. The summed E-state index contributed by atoms with van der Waals surface area (Å²) in [6, 6.07) is 1.02. The summed E-state index contributed by atoms with van der Waals surface area (Å²) in [4.78, 5) is 0. The Morgan fingerprint density at radius 3 is 2.67 bits per heavy atom. The molecule has 0 spiro atoms. The van der Waals surface area contributed by atoms with Gasteiger partial charge < -0.3 is 10.1 Å². The van der Waals surface area contributed by atoms with Crippen molar-refractivity contribution in [1.29, 1.82) is 0 Å². The first-order valence-electron chi connectivity index (χ1n) is 4.67. The van der Waals surface area contributed by atoms with Gasteiger partial charge in [0.2, 0.25) is 0 Å². The van der Waals surface area contributed by atoms with Gasteiger partial charge >= 0.3 is 0 Å². The van der Waals surface area contributed by atoms with Crippen LogP contribution >= 0.6 is 11.6 Å². The molecule has 1 rings (SSSR count). The van der Waals surface area contributed by atoms with Crippen molar-refractivity contribution in [3.05, 3.63) is 0 Å². The maximum atomic E-state index is 5.78. The van der Waals surface area contributed by atoms with Gasteiger partial charge in [-0.2, -0.15) is 0 Å². The number of hydrogen-bond donors (Lipinski definition) is 1. The van der Waals surface area contributed by atoms with Crippen LogP contribution < -0.4 is 5.32 Å². The van der Waals surface area contributed by atoms with Gasteiger partial charge in [-0.25, -0.2) is 0 Å². The molecule has 12 heavy (non-hydrogen) atoms. The summed E-state index contributed by atoms with van der Waals surface area (Å²) in [5, 5.41) is 3.51. The van der Waals surface area contributed by atoms with Crippen molar-refractivity contribution < 1.29 is 4.74 Å². The molecule has 1 saturated carbocycles. The average Bonchev–Trinajstić information content (AvgIpc) is 2.56. The van der Waals surface area contributed by atoms with Gasteiger partial charge in [0.1, 0.15) is 0 Å². The third kappa shape index (κ3) is 3.30. The molecule has 0 amide bonds. The van der Waals surface area contributed by atoms with Gasteiger partial charge in [-0.05, 0) is 12.8 Å². The second kappa shape index (κ2) is 5.79. The van der Waals surface area contributed by atoms with Crippen molar-refractivity contribution in [2.24, 2.45) is 0 Å². The van der Waals surface area contributed by atoms with E-state index in [1.165, 1.54) is 25.7 Å². The van der Waals surface area contributed by atoms with Crippen molar-refractivity contribution >= 4 is 11.6 Å². The van der Waals surface area contributed by atoms with Crippen LogP contribution in [-0.2, 0) is 4.74 Å². The molecule has 1 aliphatic carbocycles. The topological polar surface area (TPSA) is 21.3 Å². The number of methoxy groups -OCH3 is 1. The van der Waals surface area contributed by atoms with Crippen molar-refractivity contribution in [1.82, 2.24) is 5.32 Å². The molecule has 1 N–H and O–H groups in total. The van der Waals surface area contributed by atoms with Gasteiger partial charge in [-0.3, -0.25) is 0 Å². The molecule has 1 unspecified atom stereocenters. The number of alkyl halides is 1. The Morgan fingerprint density at radius 2 is 2.17 bits per heavy atom. The number of hydrogen-bond acceptors (Lipinski definition) is 2. The highest BCUT2D eigenvalue weighted by Gasteiger charge is 2.18. The van der Waals surface area contributed by atoms with Crippen LogP contribution in [0.3, 0.4) is 0 Å². The molecule has 1 fully saturated rings. The summed E-state index contributed by atoms with van der Waals surface area (Å²) >= 11 is 5.78. The summed E-state index contributed by atoms with van der Waals surface area (Å²) in [6.07, 6.45) is 5.33. The fourth-order valence-electron chi connectivity index (χ4n) is 1.76. The van der Waals surface area contributed by atoms with E-state index in [1.807, 2.05) is 0 Å². The second-order valence-corrected chi connectivity index (χ2v) is 3.76. The smallest absolute Gasteiger partial charge is 0.0627 e. The fraction of sp³-hybridized carbons (Fsp3) is 1.00. The molecular weight excluding hydrogens is 174 g/mol. The lowest BCUT2D eigenvalue weighted by atomic mass is 10.2. The number of halogens is 1. The van der Waals surface area contributed by atoms with E-state index in [1.54, 1.807) is 7.11 Å². The molecule has 0 bridgehead atoms. The van der Waals surface area contributed by atoms with E-state index in [9.17, 15) is 0 Å². The van der Waals surface area contributed by atoms with E-state index >= 15 is 0 Å². The normalized spacial score (nSPS) is 21.5. The molecule has 0 radical (unpaired) electrons. The van der Waals surface area contributed by atoms with Crippen LogP contribution in [0.2, 0.25) is 0 Å². The monoisotopic (exact) mass is 191 g/mol. The van der Waals surface area contributed by atoms with Gasteiger partial charge in [0.25, 0.3) is 0 Å². The first-order chi connectivity index (χ1) is 5.86. The van der Waals surface area contributed by atoms with Crippen LogP contribution in [0.15, 0.2) is 0 Å². The molecular formula is C9H18ClNO. The zero-order valence-electron chi connectivity index (χ0n) is 7.68. The minimum Gasteiger partial charge on any atom is -0.383 e. The van der Waals surface area contributed by atoms with Crippen LogP contribution in [0, 0.1) is 0 Å². The Hall–Kier alpha value is 0.210. The Bertz CT molecular complexity index is 115. The SMILES string of the molecule is COCC(CCl)NC1CCCC1. The van der Waals surface area contributed by atoms with E-state index in [0.29, 0.717) is 18.0 Å². The van der Waals surface area contributed by atoms with E-state index in [0.717, 1.165) is 6.61 Å². The Labute approximate surface area is 79.6 Å². The highest BCUT2D eigenvalue weighted by atomic mass is 35.5. The van der Waals surface area contributed by atoms with Crippen LogP contribution in [0.5, 0.6) is 0 Å². The lowest BCUT2D eigenvalue weighted by Crippen LogP contribution is -2.40. The van der Waals surface area contributed by atoms with E-state index < -0.39 is 0 Å². The highest BCUT2D eigenvalue weighted by Crippen LogP contribution is 2.18. The molecule has 0 aliphatic heterocycles. The molecule has 0 heterocycles.